The predicted octanol–water partition coefficient (Wildman–Crippen LogP) is 6.22. The third-order valence-electron chi connectivity index (χ3n) is 6.81. The number of nitrogens with two attached hydrogens (primary N) is 1. The summed E-state index contributed by atoms with van der Waals surface area (Å²) in [6.07, 6.45) is 7.35. The first-order valence-corrected chi connectivity index (χ1v) is 12.1. The minimum absolute atomic E-state index is 0.445. The highest BCUT2D eigenvalue weighted by Gasteiger charge is 2.27. The summed E-state index contributed by atoms with van der Waals surface area (Å²) in [6, 6.07) is 15.7. The van der Waals surface area contributed by atoms with Crippen LogP contribution in [0.5, 0.6) is 0 Å². The third-order valence-corrected chi connectivity index (χ3v) is 8.20. The fourth-order valence-electron chi connectivity index (χ4n) is 5.18. The van der Waals surface area contributed by atoms with Gasteiger partial charge < -0.3 is 10.6 Å². The molecule has 2 N–H and O–H groups in total. The zero-order valence-electron chi connectivity index (χ0n) is 16.9. The molecule has 0 aromatic heterocycles. The number of piperidine rings is 1. The van der Waals surface area contributed by atoms with Crippen LogP contribution < -0.4 is 5.73 Å². The van der Waals surface area contributed by atoms with Gasteiger partial charge in [-0.3, -0.25) is 0 Å². The maximum Gasteiger partial charge on any atom is 0.0412 e. The SMILES string of the molecule is NC1CCC(CN2CCC(=C3c4ccccc4Sc4ccc(Cl)cc43)CC2)CC1. The van der Waals surface area contributed by atoms with E-state index in [0.717, 1.165) is 23.8 Å². The quantitative estimate of drug-likeness (QED) is 0.529. The molecule has 0 atom stereocenters. The molecule has 3 aliphatic rings. The van der Waals surface area contributed by atoms with E-state index in [4.69, 9.17) is 17.3 Å². The van der Waals surface area contributed by atoms with E-state index >= 15 is 0 Å². The van der Waals surface area contributed by atoms with Gasteiger partial charge in [0.05, 0.1) is 0 Å². The number of halogens is 1. The van der Waals surface area contributed by atoms with Gasteiger partial charge in [0, 0.05) is 40.5 Å². The van der Waals surface area contributed by atoms with Gasteiger partial charge in [0.1, 0.15) is 0 Å². The number of nitrogens with zero attached hydrogens (tertiary/aromatic N) is 1. The summed E-state index contributed by atoms with van der Waals surface area (Å²) in [7, 11) is 0. The van der Waals surface area contributed by atoms with Crippen molar-refractivity contribution in [3.8, 4) is 0 Å². The van der Waals surface area contributed by atoms with Crippen molar-refractivity contribution in [1.29, 1.82) is 0 Å². The van der Waals surface area contributed by atoms with Gasteiger partial charge in [-0.25, -0.2) is 0 Å². The van der Waals surface area contributed by atoms with E-state index in [1.807, 2.05) is 17.8 Å². The van der Waals surface area contributed by atoms with Gasteiger partial charge in [-0.2, -0.15) is 0 Å². The van der Waals surface area contributed by atoms with Crippen molar-refractivity contribution in [3.05, 3.63) is 64.2 Å². The molecule has 2 aromatic carbocycles. The Labute approximate surface area is 183 Å². The first-order chi connectivity index (χ1) is 14.2. The van der Waals surface area contributed by atoms with Crippen LogP contribution >= 0.6 is 23.4 Å². The highest BCUT2D eigenvalue weighted by Crippen LogP contribution is 2.48. The van der Waals surface area contributed by atoms with Crippen molar-refractivity contribution in [3.63, 3.8) is 0 Å². The lowest BCUT2D eigenvalue weighted by Gasteiger charge is -2.35. The highest BCUT2D eigenvalue weighted by atomic mass is 35.5. The third kappa shape index (κ3) is 4.16. The second-order valence-corrected chi connectivity index (χ2v) is 10.3. The lowest BCUT2D eigenvalue weighted by atomic mass is 9.85. The van der Waals surface area contributed by atoms with Crippen molar-refractivity contribution < 1.29 is 0 Å². The van der Waals surface area contributed by atoms with Crippen LogP contribution in [-0.2, 0) is 0 Å². The van der Waals surface area contributed by atoms with Gasteiger partial charge in [0.25, 0.3) is 0 Å². The number of likely N-dealkylation sites (tertiary alicyclic amines) is 1. The normalized spacial score (nSPS) is 24.9. The molecule has 152 valence electrons. The molecule has 5 rings (SSSR count). The van der Waals surface area contributed by atoms with E-state index in [0.29, 0.717) is 6.04 Å². The van der Waals surface area contributed by atoms with E-state index in [-0.39, 0.29) is 0 Å². The van der Waals surface area contributed by atoms with Gasteiger partial charge in [-0.05, 0) is 85.4 Å². The second-order valence-electron chi connectivity index (χ2n) is 8.80. The Morgan fingerprint density at radius 3 is 2.45 bits per heavy atom. The molecule has 4 heteroatoms. The fourth-order valence-corrected chi connectivity index (χ4v) is 6.43. The molecule has 0 bridgehead atoms. The molecule has 2 fully saturated rings. The number of hydrogen-bond donors (Lipinski definition) is 1. The van der Waals surface area contributed by atoms with Crippen molar-refractivity contribution >= 4 is 28.9 Å². The summed E-state index contributed by atoms with van der Waals surface area (Å²) < 4.78 is 0. The molecule has 2 aliphatic heterocycles. The maximum absolute atomic E-state index is 6.40. The summed E-state index contributed by atoms with van der Waals surface area (Å²) in [6.45, 7) is 3.60. The summed E-state index contributed by atoms with van der Waals surface area (Å²) in [5.74, 6) is 0.843. The Kier molecular flexibility index (Phi) is 5.75. The minimum atomic E-state index is 0.445. The van der Waals surface area contributed by atoms with Crippen LogP contribution in [0.2, 0.25) is 5.02 Å². The van der Waals surface area contributed by atoms with E-state index in [9.17, 15) is 0 Å². The van der Waals surface area contributed by atoms with Crippen molar-refractivity contribution in [2.45, 2.75) is 54.4 Å². The van der Waals surface area contributed by atoms with Crippen LogP contribution in [0.3, 0.4) is 0 Å². The average Bonchev–Trinajstić information content (AvgIpc) is 2.74. The molecular weight excluding hydrogens is 396 g/mol. The fraction of sp³-hybridized carbons (Fsp3) is 0.440. The number of hydrogen-bond acceptors (Lipinski definition) is 3. The summed E-state index contributed by atoms with van der Waals surface area (Å²) >= 11 is 8.27. The standard InChI is InChI=1S/C25H29ClN2S/c26-19-7-10-24-22(15-19)25(21-3-1-2-4-23(21)29-24)18-11-13-28(14-12-18)16-17-5-8-20(27)9-6-17/h1-4,7,10,15,17,20H,5-6,8-9,11-14,16,27H2. The first kappa shape index (κ1) is 19.7. The summed E-state index contributed by atoms with van der Waals surface area (Å²) in [5.41, 5.74) is 11.8. The zero-order chi connectivity index (χ0) is 19.8. The number of benzene rings is 2. The van der Waals surface area contributed by atoms with Crippen LogP contribution in [0.4, 0.5) is 0 Å². The van der Waals surface area contributed by atoms with Crippen molar-refractivity contribution in [1.82, 2.24) is 4.90 Å². The second kappa shape index (κ2) is 8.47. The molecule has 0 amide bonds. The minimum Gasteiger partial charge on any atom is -0.328 e. The molecule has 0 radical (unpaired) electrons. The summed E-state index contributed by atoms with van der Waals surface area (Å²) in [4.78, 5) is 5.39. The van der Waals surface area contributed by atoms with Crippen LogP contribution in [0.25, 0.3) is 5.57 Å². The molecule has 1 saturated carbocycles. The predicted molar refractivity (Wildman–Crippen MR) is 124 cm³/mol. The van der Waals surface area contributed by atoms with E-state index in [1.54, 1.807) is 5.57 Å². The largest absolute Gasteiger partial charge is 0.328 e. The van der Waals surface area contributed by atoms with Crippen molar-refractivity contribution in [2.24, 2.45) is 11.7 Å². The Balaban J connectivity index is 1.39. The Hall–Kier alpha value is -1.26. The Morgan fingerprint density at radius 2 is 1.66 bits per heavy atom. The van der Waals surface area contributed by atoms with Crippen LogP contribution in [0.1, 0.15) is 49.7 Å². The molecule has 29 heavy (non-hydrogen) atoms. The number of rotatable bonds is 2. The monoisotopic (exact) mass is 424 g/mol. The first-order valence-electron chi connectivity index (χ1n) is 10.9. The Bertz CT molecular complexity index is 920. The molecular formula is C25H29ClN2S. The van der Waals surface area contributed by atoms with Gasteiger partial charge in [-0.15, -0.1) is 0 Å². The zero-order valence-corrected chi connectivity index (χ0v) is 18.4. The van der Waals surface area contributed by atoms with E-state index in [2.05, 4.69) is 41.3 Å². The smallest absolute Gasteiger partial charge is 0.0412 e. The molecule has 2 heterocycles. The lowest BCUT2D eigenvalue weighted by molar-refractivity contribution is 0.185. The van der Waals surface area contributed by atoms with Crippen molar-refractivity contribution in [2.75, 3.05) is 19.6 Å². The van der Waals surface area contributed by atoms with Crippen LogP contribution in [0.15, 0.2) is 57.8 Å². The van der Waals surface area contributed by atoms with Crippen LogP contribution in [-0.4, -0.2) is 30.6 Å². The molecule has 0 unspecified atom stereocenters. The van der Waals surface area contributed by atoms with E-state index in [1.165, 1.54) is 71.8 Å². The number of fused-ring (bicyclic) bond motifs is 2. The van der Waals surface area contributed by atoms with Gasteiger partial charge in [-0.1, -0.05) is 47.1 Å². The maximum atomic E-state index is 6.40. The highest BCUT2D eigenvalue weighted by molar-refractivity contribution is 7.99. The summed E-state index contributed by atoms with van der Waals surface area (Å²) in [5, 5.41) is 0.828. The Morgan fingerprint density at radius 1 is 0.931 bits per heavy atom. The topological polar surface area (TPSA) is 29.3 Å². The van der Waals surface area contributed by atoms with E-state index < -0.39 is 0 Å². The average molecular weight is 425 g/mol. The molecule has 1 saturated heterocycles. The van der Waals surface area contributed by atoms with Gasteiger partial charge in [0.2, 0.25) is 0 Å². The van der Waals surface area contributed by atoms with Gasteiger partial charge in [0.15, 0.2) is 0 Å². The lowest BCUT2D eigenvalue weighted by Crippen LogP contribution is -2.37. The molecule has 2 nitrogen and oxygen atoms in total. The van der Waals surface area contributed by atoms with Gasteiger partial charge >= 0.3 is 0 Å². The molecule has 2 aromatic rings. The molecule has 1 aliphatic carbocycles. The van der Waals surface area contributed by atoms with Crippen LogP contribution in [0, 0.1) is 5.92 Å². The molecule has 0 spiro atoms.